The molecule has 0 spiro atoms. The van der Waals surface area contributed by atoms with E-state index >= 15 is 0 Å². The molecule has 6 nitrogen and oxygen atoms in total. The summed E-state index contributed by atoms with van der Waals surface area (Å²) in [7, 11) is 0. The first-order chi connectivity index (χ1) is 12.5. The lowest BCUT2D eigenvalue weighted by Crippen LogP contribution is -2.34. The number of piperidine rings is 1. The number of hydrogen-bond donors (Lipinski definition) is 2. The summed E-state index contributed by atoms with van der Waals surface area (Å²) in [5.41, 5.74) is 1.31. The molecule has 26 heavy (non-hydrogen) atoms. The van der Waals surface area contributed by atoms with Crippen LogP contribution >= 0.6 is 0 Å². The minimum Gasteiger partial charge on any atom is -0.490 e. The summed E-state index contributed by atoms with van der Waals surface area (Å²) in [6, 6.07) is 10.5. The van der Waals surface area contributed by atoms with Crippen LogP contribution in [0.25, 0.3) is 5.69 Å². The fourth-order valence-corrected chi connectivity index (χ4v) is 2.85. The van der Waals surface area contributed by atoms with Crippen LogP contribution in [0.2, 0.25) is 0 Å². The van der Waals surface area contributed by atoms with E-state index in [1.54, 1.807) is 22.9 Å². The van der Waals surface area contributed by atoms with Gasteiger partial charge in [0, 0.05) is 29.6 Å². The van der Waals surface area contributed by atoms with Gasteiger partial charge in [0.05, 0.1) is 0 Å². The second-order valence-corrected chi connectivity index (χ2v) is 6.83. The van der Waals surface area contributed by atoms with Gasteiger partial charge >= 0.3 is 0 Å². The monoisotopic (exact) mass is 355 g/mol. The molecule has 1 aromatic carbocycles. The Hall–Kier alpha value is -2.60. The van der Waals surface area contributed by atoms with E-state index in [9.17, 15) is 9.59 Å². The number of carbonyl (C=O) groups excluding carboxylic acids is 1. The molecule has 1 aliphatic heterocycles. The van der Waals surface area contributed by atoms with Crippen LogP contribution in [0.4, 0.5) is 5.69 Å². The summed E-state index contributed by atoms with van der Waals surface area (Å²) in [5.74, 6) is 0.498. The van der Waals surface area contributed by atoms with Crippen molar-refractivity contribution in [2.24, 2.45) is 5.92 Å². The van der Waals surface area contributed by atoms with Gasteiger partial charge in [0.2, 0.25) is 5.91 Å². The van der Waals surface area contributed by atoms with Gasteiger partial charge in [0.15, 0.2) is 0 Å². The molecule has 0 atom stereocenters. The molecule has 3 rings (SSSR count). The fourth-order valence-electron chi connectivity index (χ4n) is 2.85. The SMILES string of the molecule is CC(C)C(=O)Nc1ccc(-n2ccc(OC3CCNCC3)cc2=O)cc1. The van der Waals surface area contributed by atoms with Crippen molar-refractivity contribution in [2.75, 3.05) is 18.4 Å². The molecule has 1 aromatic heterocycles. The number of pyridine rings is 1. The predicted octanol–water partition coefficient (Wildman–Crippen LogP) is 2.56. The molecule has 1 amide bonds. The molecular weight excluding hydrogens is 330 g/mol. The molecule has 138 valence electrons. The Labute approximate surface area is 153 Å². The molecule has 0 radical (unpaired) electrons. The first-order valence-electron chi connectivity index (χ1n) is 9.04. The van der Waals surface area contributed by atoms with Gasteiger partial charge < -0.3 is 15.4 Å². The zero-order chi connectivity index (χ0) is 18.5. The number of carbonyl (C=O) groups is 1. The summed E-state index contributed by atoms with van der Waals surface area (Å²) in [5, 5.41) is 6.13. The Morgan fingerprint density at radius 2 is 1.88 bits per heavy atom. The zero-order valence-corrected chi connectivity index (χ0v) is 15.2. The Balaban J connectivity index is 1.70. The van der Waals surface area contributed by atoms with E-state index < -0.39 is 0 Å². The third-order valence-electron chi connectivity index (χ3n) is 4.42. The molecule has 0 unspecified atom stereocenters. The van der Waals surface area contributed by atoms with E-state index in [0.717, 1.165) is 31.6 Å². The van der Waals surface area contributed by atoms with Crippen LogP contribution in [0, 0.1) is 5.92 Å². The average Bonchev–Trinajstić information content (AvgIpc) is 2.63. The fraction of sp³-hybridized carbons (Fsp3) is 0.400. The van der Waals surface area contributed by atoms with E-state index in [0.29, 0.717) is 11.4 Å². The topological polar surface area (TPSA) is 72.4 Å². The maximum Gasteiger partial charge on any atom is 0.258 e. The molecular formula is C20H25N3O3. The van der Waals surface area contributed by atoms with Gasteiger partial charge in [-0.15, -0.1) is 0 Å². The van der Waals surface area contributed by atoms with Crippen molar-refractivity contribution in [3.05, 3.63) is 52.9 Å². The minimum absolute atomic E-state index is 0.0330. The van der Waals surface area contributed by atoms with Gasteiger partial charge in [-0.2, -0.15) is 0 Å². The molecule has 2 aromatic rings. The first kappa shape index (κ1) is 18.2. The van der Waals surface area contributed by atoms with Crippen molar-refractivity contribution < 1.29 is 9.53 Å². The largest absolute Gasteiger partial charge is 0.490 e. The quantitative estimate of drug-likeness (QED) is 0.865. The predicted molar refractivity (Wildman–Crippen MR) is 102 cm³/mol. The minimum atomic E-state index is -0.143. The number of nitrogens with zero attached hydrogens (tertiary/aromatic N) is 1. The van der Waals surface area contributed by atoms with Crippen LogP contribution in [0.15, 0.2) is 47.4 Å². The lowest BCUT2D eigenvalue weighted by atomic mass is 10.1. The van der Waals surface area contributed by atoms with Gasteiger partial charge in [-0.25, -0.2) is 0 Å². The number of anilines is 1. The van der Waals surface area contributed by atoms with Crippen LogP contribution in [0.3, 0.4) is 0 Å². The van der Waals surface area contributed by atoms with Crippen LogP contribution < -0.4 is 20.9 Å². The van der Waals surface area contributed by atoms with Crippen LogP contribution in [-0.2, 0) is 4.79 Å². The number of ether oxygens (including phenoxy) is 1. The van der Waals surface area contributed by atoms with Gasteiger partial charge in [-0.1, -0.05) is 13.8 Å². The number of rotatable bonds is 5. The van der Waals surface area contributed by atoms with Crippen molar-refractivity contribution >= 4 is 11.6 Å². The molecule has 1 saturated heterocycles. The third kappa shape index (κ3) is 4.52. The summed E-state index contributed by atoms with van der Waals surface area (Å²) in [4.78, 5) is 24.2. The normalized spacial score (nSPS) is 15.0. The summed E-state index contributed by atoms with van der Waals surface area (Å²) in [6.07, 6.45) is 3.79. The zero-order valence-electron chi connectivity index (χ0n) is 15.2. The number of nitrogens with one attached hydrogen (secondary N) is 2. The number of benzene rings is 1. The summed E-state index contributed by atoms with van der Waals surface area (Å²) < 4.78 is 7.47. The van der Waals surface area contributed by atoms with Gasteiger partial charge in [0.1, 0.15) is 11.9 Å². The van der Waals surface area contributed by atoms with E-state index in [2.05, 4.69) is 10.6 Å². The molecule has 2 heterocycles. The highest BCUT2D eigenvalue weighted by Crippen LogP contribution is 2.17. The highest BCUT2D eigenvalue weighted by atomic mass is 16.5. The maximum absolute atomic E-state index is 12.4. The van der Waals surface area contributed by atoms with E-state index in [4.69, 9.17) is 4.74 Å². The lowest BCUT2D eigenvalue weighted by molar-refractivity contribution is -0.118. The number of amides is 1. The maximum atomic E-state index is 12.4. The summed E-state index contributed by atoms with van der Waals surface area (Å²) in [6.45, 7) is 5.58. The van der Waals surface area contributed by atoms with Crippen LogP contribution in [-0.4, -0.2) is 29.7 Å². The van der Waals surface area contributed by atoms with Gasteiger partial charge in [0.25, 0.3) is 5.56 Å². The van der Waals surface area contributed by atoms with Crippen molar-refractivity contribution in [3.63, 3.8) is 0 Å². The van der Waals surface area contributed by atoms with Crippen molar-refractivity contribution in [2.45, 2.75) is 32.8 Å². The highest BCUT2D eigenvalue weighted by molar-refractivity contribution is 5.92. The van der Waals surface area contributed by atoms with E-state index in [-0.39, 0.29) is 23.5 Å². The Morgan fingerprint density at radius 3 is 2.50 bits per heavy atom. The smallest absolute Gasteiger partial charge is 0.258 e. The number of aromatic nitrogens is 1. The van der Waals surface area contributed by atoms with Crippen molar-refractivity contribution in [1.29, 1.82) is 0 Å². The highest BCUT2D eigenvalue weighted by Gasteiger charge is 2.15. The second-order valence-electron chi connectivity index (χ2n) is 6.83. The lowest BCUT2D eigenvalue weighted by Gasteiger charge is -2.23. The van der Waals surface area contributed by atoms with Crippen molar-refractivity contribution in [3.8, 4) is 11.4 Å². The molecule has 0 aliphatic carbocycles. The Morgan fingerprint density at radius 1 is 1.19 bits per heavy atom. The Kier molecular flexibility index (Phi) is 5.73. The molecule has 0 saturated carbocycles. The molecule has 0 bridgehead atoms. The van der Waals surface area contributed by atoms with Gasteiger partial charge in [-0.3, -0.25) is 14.2 Å². The molecule has 1 fully saturated rings. The second kappa shape index (κ2) is 8.19. The van der Waals surface area contributed by atoms with Crippen LogP contribution in [0.1, 0.15) is 26.7 Å². The third-order valence-corrected chi connectivity index (χ3v) is 4.42. The van der Waals surface area contributed by atoms with Crippen molar-refractivity contribution in [1.82, 2.24) is 9.88 Å². The Bertz CT molecular complexity index is 806. The van der Waals surface area contributed by atoms with E-state index in [1.807, 2.05) is 32.0 Å². The summed E-state index contributed by atoms with van der Waals surface area (Å²) >= 11 is 0. The van der Waals surface area contributed by atoms with Gasteiger partial charge in [-0.05, 0) is 56.3 Å². The first-order valence-corrected chi connectivity index (χ1v) is 9.04. The standard InChI is InChI=1S/C20H25N3O3/c1-14(2)20(25)22-15-3-5-16(6-4-15)23-12-9-18(13-19(23)24)26-17-7-10-21-11-8-17/h3-6,9,12-14,17,21H,7-8,10-11H2,1-2H3,(H,22,25). The molecule has 6 heteroatoms. The molecule has 2 N–H and O–H groups in total. The van der Waals surface area contributed by atoms with E-state index in [1.165, 1.54) is 6.07 Å². The van der Waals surface area contributed by atoms with Crippen LogP contribution in [0.5, 0.6) is 5.75 Å². The number of hydrogen-bond acceptors (Lipinski definition) is 4. The average molecular weight is 355 g/mol. The molecule has 1 aliphatic rings.